The molecule has 3 heterocycles. The number of ether oxygens (including phenoxy) is 1. The maximum absolute atomic E-state index is 6.06. The zero-order valence-corrected chi connectivity index (χ0v) is 16.3. The average Bonchev–Trinajstić information content (AvgIpc) is 3.23. The fourth-order valence-electron chi connectivity index (χ4n) is 4.49. The van der Waals surface area contributed by atoms with E-state index in [0.717, 1.165) is 44.5 Å². The molecule has 4 rings (SSSR count). The van der Waals surface area contributed by atoms with Crippen LogP contribution in [0.25, 0.3) is 0 Å². The van der Waals surface area contributed by atoms with E-state index in [1.54, 1.807) is 6.26 Å². The molecule has 1 aromatic carbocycles. The van der Waals surface area contributed by atoms with Crippen molar-refractivity contribution < 1.29 is 9.15 Å². The Hall–Kier alpha value is -1.62. The highest BCUT2D eigenvalue weighted by molar-refractivity contribution is 5.14. The summed E-state index contributed by atoms with van der Waals surface area (Å²) in [5.74, 6) is 1.08. The van der Waals surface area contributed by atoms with Gasteiger partial charge in [0.1, 0.15) is 5.76 Å². The Morgan fingerprint density at radius 2 is 1.81 bits per heavy atom. The summed E-state index contributed by atoms with van der Waals surface area (Å²) >= 11 is 0. The fraction of sp³-hybridized carbons (Fsp3) is 0.565. The van der Waals surface area contributed by atoms with Gasteiger partial charge in [-0.3, -0.25) is 9.80 Å². The van der Waals surface area contributed by atoms with Crippen molar-refractivity contribution >= 4 is 0 Å². The molecule has 2 aliphatic rings. The predicted octanol–water partition coefficient (Wildman–Crippen LogP) is 3.97. The Labute approximate surface area is 163 Å². The zero-order valence-electron chi connectivity index (χ0n) is 16.3. The van der Waals surface area contributed by atoms with E-state index in [-0.39, 0.29) is 0 Å². The maximum Gasteiger partial charge on any atom is 0.117 e. The number of benzene rings is 1. The number of morpholine rings is 1. The highest BCUT2D eigenvalue weighted by atomic mass is 16.5. The minimum absolute atomic E-state index is 0.406. The van der Waals surface area contributed by atoms with Crippen molar-refractivity contribution in [2.45, 2.75) is 50.8 Å². The summed E-state index contributed by atoms with van der Waals surface area (Å²) < 4.78 is 11.6. The SMILES string of the molecule is c1ccc(CCC[C@@H]2CN(C3CCN(Cc4ccco4)CC3)CCO2)cc1. The smallest absolute Gasteiger partial charge is 0.117 e. The summed E-state index contributed by atoms with van der Waals surface area (Å²) in [5, 5.41) is 0. The van der Waals surface area contributed by atoms with Crippen LogP contribution < -0.4 is 0 Å². The molecular weight excluding hydrogens is 336 g/mol. The van der Waals surface area contributed by atoms with Crippen molar-refractivity contribution in [3.05, 3.63) is 60.1 Å². The topological polar surface area (TPSA) is 28.9 Å². The summed E-state index contributed by atoms with van der Waals surface area (Å²) in [7, 11) is 0. The van der Waals surface area contributed by atoms with Crippen molar-refractivity contribution in [2.24, 2.45) is 0 Å². The third kappa shape index (κ3) is 5.44. The molecule has 2 aromatic rings. The Kier molecular flexibility index (Phi) is 6.62. The molecule has 0 N–H and O–H groups in total. The number of aryl methyl sites for hydroxylation is 1. The summed E-state index contributed by atoms with van der Waals surface area (Å²) in [4.78, 5) is 5.22. The lowest BCUT2D eigenvalue weighted by atomic mass is 10.00. The van der Waals surface area contributed by atoms with E-state index in [0.29, 0.717) is 6.10 Å². The largest absolute Gasteiger partial charge is 0.468 e. The van der Waals surface area contributed by atoms with Crippen LogP contribution in [-0.4, -0.2) is 54.7 Å². The van der Waals surface area contributed by atoms with E-state index in [1.807, 2.05) is 6.07 Å². The van der Waals surface area contributed by atoms with Gasteiger partial charge in [-0.15, -0.1) is 0 Å². The molecule has 27 heavy (non-hydrogen) atoms. The van der Waals surface area contributed by atoms with E-state index < -0.39 is 0 Å². The second-order valence-corrected chi connectivity index (χ2v) is 7.95. The van der Waals surface area contributed by atoms with Gasteiger partial charge in [-0.25, -0.2) is 0 Å². The molecular formula is C23H32N2O2. The molecule has 0 unspecified atom stereocenters. The molecule has 1 atom stereocenters. The summed E-state index contributed by atoms with van der Waals surface area (Å²) in [6, 6.07) is 15.6. The molecule has 0 aliphatic carbocycles. The summed E-state index contributed by atoms with van der Waals surface area (Å²) in [6.45, 7) is 6.38. The van der Waals surface area contributed by atoms with Crippen LogP contribution in [-0.2, 0) is 17.7 Å². The van der Waals surface area contributed by atoms with E-state index in [9.17, 15) is 0 Å². The van der Waals surface area contributed by atoms with Crippen LogP contribution in [0.5, 0.6) is 0 Å². The number of likely N-dealkylation sites (tertiary alicyclic amines) is 1. The maximum atomic E-state index is 6.06. The molecule has 4 heteroatoms. The van der Waals surface area contributed by atoms with Gasteiger partial charge in [-0.05, 0) is 49.8 Å². The van der Waals surface area contributed by atoms with Crippen LogP contribution >= 0.6 is 0 Å². The first-order valence-corrected chi connectivity index (χ1v) is 10.5. The van der Waals surface area contributed by atoms with Crippen LogP contribution in [0.15, 0.2) is 53.1 Å². The molecule has 0 spiro atoms. The van der Waals surface area contributed by atoms with E-state index >= 15 is 0 Å². The number of rotatable bonds is 7. The van der Waals surface area contributed by atoms with Crippen molar-refractivity contribution in [1.29, 1.82) is 0 Å². The highest BCUT2D eigenvalue weighted by Crippen LogP contribution is 2.22. The van der Waals surface area contributed by atoms with E-state index in [1.165, 1.54) is 44.3 Å². The molecule has 2 saturated heterocycles. The first-order chi connectivity index (χ1) is 13.4. The van der Waals surface area contributed by atoms with Gasteiger partial charge in [0.25, 0.3) is 0 Å². The zero-order chi connectivity index (χ0) is 18.3. The molecule has 0 saturated carbocycles. The van der Waals surface area contributed by atoms with Gasteiger partial charge < -0.3 is 9.15 Å². The van der Waals surface area contributed by atoms with Gasteiger partial charge in [0.15, 0.2) is 0 Å². The third-order valence-electron chi connectivity index (χ3n) is 6.04. The van der Waals surface area contributed by atoms with Gasteiger partial charge in [0.2, 0.25) is 0 Å². The third-order valence-corrected chi connectivity index (χ3v) is 6.04. The van der Waals surface area contributed by atoms with Crippen molar-refractivity contribution in [3.63, 3.8) is 0 Å². The number of nitrogens with zero attached hydrogens (tertiary/aromatic N) is 2. The quantitative estimate of drug-likeness (QED) is 0.739. The molecule has 4 nitrogen and oxygen atoms in total. The predicted molar refractivity (Wildman–Crippen MR) is 108 cm³/mol. The molecule has 0 bridgehead atoms. The average molecular weight is 369 g/mol. The second kappa shape index (κ2) is 9.54. The van der Waals surface area contributed by atoms with Crippen molar-refractivity contribution in [3.8, 4) is 0 Å². The van der Waals surface area contributed by atoms with Gasteiger partial charge in [0, 0.05) is 32.2 Å². The number of furan rings is 1. The number of piperidine rings is 1. The minimum Gasteiger partial charge on any atom is -0.468 e. The van der Waals surface area contributed by atoms with E-state index in [2.05, 4.69) is 46.2 Å². The first-order valence-electron chi connectivity index (χ1n) is 10.5. The summed E-state index contributed by atoms with van der Waals surface area (Å²) in [6.07, 6.45) is 8.24. The van der Waals surface area contributed by atoms with Crippen LogP contribution in [0, 0.1) is 0 Å². The second-order valence-electron chi connectivity index (χ2n) is 7.95. The molecule has 2 fully saturated rings. The standard InChI is InChI=1S/C23H32N2O2/c1-2-6-20(7-3-1)8-4-9-23-19-25(15-17-27-23)21-11-13-24(14-12-21)18-22-10-5-16-26-22/h1-3,5-7,10,16,21,23H,4,8-9,11-15,17-19H2/t23-/m1/s1. The Morgan fingerprint density at radius 1 is 0.963 bits per heavy atom. The van der Waals surface area contributed by atoms with Crippen LogP contribution in [0.4, 0.5) is 0 Å². The van der Waals surface area contributed by atoms with Gasteiger partial charge in [-0.2, -0.15) is 0 Å². The lowest BCUT2D eigenvalue weighted by Crippen LogP contribution is -2.51. The van der Waals surface area contributed by atoms with Gasteiger partial charge >= 0.3 is 0 Å². The first kappa shape index (κ1) is 18.7. The van der Waals surface area contributed by atoms with Crippen molar-refractivity contribution in [1.82, 2.24) is 9.80 Å². The van der Waals surface area contributed by atoms with Crippen molar-refractivity contribution in [2.75, 3.05) is 32.8 Å². The van der Waals surface area contributed by atoms with Crippen LogP contribution in [0.2, 0.25) is 0 Å². The number of hydrogen-bond donors (Lipinski definition) is 0. The van der Waals surface area contributed by atoms with Gasteiger partial charge in [0.05, 0.1) is 25.5 Å². The fourth-order valence-corrected chi connectivity index (χ4v) is 4.49. The monoisotopic (exact) mass is 368 g/mol. The Bertz CT molecular complexity index is 650. The summed E-state index contributed by atoms with van der Waals surface area (Å²) in [5.41, 5.74) is 1.44. The Morgan fingerprint density at radius 3 is 2.59 bits per heavy atom. The molecule has 2 aliphatic heterocycles. The lowest BCUT2D eigenvalue weighted by molar-refractivity contribution is -0.0557. The lowest BCUT2D eigenvalue weighted by Gasteiger charge is -2.42. The van der Waals surface area contributed by atoms with Gasteiger partial charge in [-0.1, -0.05) is 30.3 Å². The molecule has 0 amide bonds. The highest BCUT2D eigenvalue weighted by Gasteiger charge is 2.29. The minimum atomic E-state index is 0.406. The normalized spacial score (nSPS) is 22.9. The molecule has 146 valence electrons. The van der Waals surface area contributed by atoms with Crippen LogP contribution in [0.1, 0.15) is 37.0 Å². The molecule has 1 aromatic heterocycles. The van der Waals surface area contributed by atoms with Crippen LogP contribution in [0.3, 0.4) is 0 Å². The Balaban J connectivity index is 1.18. The van der Waals surface area contributed by atoms with E-state index in [4.69, 9.17) is 9.15 Å². The molecule has 0 radical (unpaired) electrons. The number of hydrogen-bond acceptors (Lipinski definition) is 4.